The van der Waals surface area contributed by atoms with Crippen LogP contribution >= 0.6 is 0 Å². The standard InChI is InChI=1S/C16H28N2O16S3/c1-30-16-15(34-37(27,28)29)14(33-36(24,25)26)13(32-35(21,22)23)11(31-16)7-18(9-19)8-12(20)17-10-5-3-2-4-6-10/h9-11,13-16H,2-8H2,1H3,(H,17,20)(H,21,22,23)(H,24,25,26)(H,27,28,29)/t11-,13-,14+,15+,16+/m1/s1. The number of amides is 2. The van der Waals surface area contributed by atoms with Gasteiger partial charge in [-0.05, 0) is 12.8 Å². The molecular formula is C16H28N2O16S3. The van der Waals surface area contributed by atoms with Crippen LogP contribution in [0.1, 0.15) is 32.1 Å². The maximum atomic E-state index is 12.4. The first-order valence-corrected chi connectivity index (χ1v) is 14.7. The molecule has 0 aromatic rings. The fraction of sp³-hybridized carbons (Fsp3) is 0.875. The zero-order valence-corrected chi connectivity index (χ0v) is 21.8. The third-order valence-corrected chi connectivity index (χ3v) is 6.80. The molecule has 0 bridgehead atoms. The fourth-order valence-corrected chi connectivity index (χ4v) is 5.54. The first-order valence-electron chi connectivity index (χ1n) is 10.7. The minimum absolute atomic E-state index is 0.111. The van der Waals surface area contributed by atoms with Crippen molar-refractivity contribution in [1.82, 2.24) is 10.2 Å². The molecule has 0 unspecified atom stereocenters. The lowest BCUT2D eigenvalue weighted by Crippen LogP contribution is -2.64. The van der Waals surface area contributed by atoms with Gasteiger partial charge in [-0.25, -0.2) is 12.5 Å². The number of rotatable bonds is 13. The molecule has 1 aliphatic carbocycles. The Bertz CT molecular complexity index is 1100. The van der Waals surface area contributed by atoms with Crippen LogP contribution in [0.25, 0.3) is 0 Å². The number of nitrogens with one attached hydrogen (secondary N) is 1. The molecule has 1 saturated carbocycles. The smallest absolute Gasteiger partial charge is 0.353 e. The molecule has 1 heterocycles. The lowest BCUT2D eigenvalue weighted by Gasteiger charge is -2.43. The monoisotopic (exact) mass is 600 g/mol. The van der Waals surface area contributed by atoms with Gasteiger partial charge in [-0.1, -0.05) is 19.3 Å². The Morgan fingerprint density at radius 3 is 1.92 bits per heavy atom. The number of carbonyl (C=O) groups is 2. The van der Waals surface area contributed by atoms with Gasteiger partial charge in [0.25, 0.3) is 0 Å². The Morgan fingerprint density at radius 2 is 1.43 bits per heavy atom. The quantitative estimate of drug-likeness (QED) is 0.129. The maximum absolute atomic E-state index is 12.4. The van der Waals surface area contributed by atoms with E-state index < -0.39 is 80.9 Å². The second-order valence-corrected chi connectivity index (χ2v) is 11.3. The van der Waals surface area contributed by atoms with Gasteiger partial charge in [0, 0.05) is 19.7 Å². The molecule has 2 rings (SSSR count). The maximum Gasteiger partial charge on any atom is 0.397 e. The zero-order chi connectivity index (χ0) is 28.0. The molecule has 1 aliphatic heterocycles. The number of ether oxygens (including phenoxy) is 2. The van der Waals surface area contributed by atoms with Gasteiger partial charge >= 0.3 is 31.2 Å². The molecule has 2 fully saturated rings. The van der Waals surface area contributed by atoms with Gasteiger partial charge in [0.15, 0.2) is 12.4 Å². The molecule has 0 radical (unpaired) electrons. The van der Waals surface area contributed by atoms with E-state index >= 15 is 0 Å². The number of methoxy groups -OCH3 is 1. The predicted molar refractivity (Wildman–Crippen MR) is 118 cm³/mol. The summed E-state index contributed by atoms with van der Waals surface area (Å²) in [6, 6.07) is -0.111. The van der Waals surface area contributed by atoms with Gasteiger partial charge in [0.1, 0.15) is 18.3 Å². The van der Waals surface area contributed by atoms with Crippen molar-refractivity contribution in [2.24, 2.45) is 0 Å². The lowest BCUT2D eigenvalue weighted by molar-refractivity contribution is -0.276. The highest BCUT2D eigenvalue weighted by Gasteiger charge is 2.54. The summed E-state index contributed by atoms with van der Waals surface area (Å²) in [7, 11) is -15.4. The first kappa shape index (κ1) is 31.7. The molecule has 2 amide bonds. The highest BCUT2D eigenvalue weighted by atomic mass is 32.3. The summed E-state index contributed by atoms with van der Waals surface area (Å²) in [5.41, 5.74) is 0. The van der Waals surface area contributed by atoms with E-state index in [4.69, 9.17) is 18.6 Å². The van der Waals surface area contributed by atoms with Crippen LogP contribution in [0, 0.1) is 0 Å². The van der Waals surface area contributed by atoms with Gasteiger partial charge in [0.05, 0.1) is 6.54 Å². The molecule has 0 aromatic carbocycles. The molecular weight excluding hydrogens is 572 g/mol. The summed E-state index contributed by atoms with van der Waals surface area (Å²) in [5, 5.41) is 2.74. The summed E-state index contributed by atoms with van der Waals surface area (Å²) < 4.78 is 119. The summed E-state index contributed by atoms with van der Waals surface area (Å²) in [4.78, 5) is 24.9. The van der Waals surface area contributed by atoms with E-state index in [1.807, 2.05) is 0 Å². The van der Waals surface area contributed by atoms with Crippen LogP contribution in [-0.4, -0.2) is 113 Å². The van der Waals surface area contributed by atoms with Gasteiger partial charge in [-0.3, -0.25) is 23.2 Å². The van der Waals surface area contributed by atoms with Gasteiger partial charge in [-0.15, -0.1) is 0 Å². The molecule has 4 N–H and O–H groups in total. The largest absolute Gasteiger partial charge is 0.397 e. The Labute approximate surface area is 213 Å². The molecule has 5 atom stereocenters. The van der Waals surface area contributed by atoms with E-state index in [1.165, 1.54) is 0 Å². The second kappa shape index (κ2) is 13.0. The van der Waals surface area contributed by atoms with Crippen molar-refractivity contribution in [3.8, 4) is 0 Å². The van der Waals surface area contributed by atoms with E-state index in [1.54, 1.807) is 0 Å². The predicted octanol–water partition coefficient (Wildman–Crippen LogP) is -2.17. The third-order valence-electron chi connectivity index (χ3n) is 5.40. The minimum atomic E-state index is -5.50. The summed E-state index contributed by atoms with van der Waals surface area (Å²) in [5.74, 6) is -0.580. The van der Waals surface area contributed by atoms with Crippen LogP contribution in [-0.2, 0) is 62.8 Å². The summed E-state index contributed by atoms with van der Waals surface area (Å²) in [6.45, 7) is -1.28. The number of nitrogens with zero attached hydrogens (tertiary/aromatic N) is 1. The van der Waals surface area contributed by atoms with Crippen molar-refractivity contribution in [2.75, 3.05) is 20.2 Å². The highest BCUT2D eigenvalue weighted by molar-refractivity contribution is 7.81. The first-order chi connectivity index (χ1) is 17.0. The highest BCUT2D eigenvalue weighted by Crippen LogP contribution is 2.31. The number of hydrogen-bond acceptors (Lipinski definition) is 13. The third kappa shape index (κ3) is 11.0. The van der Waals surface area contributed by atoms with Gasteiger partial charge in [-0.2, -0.15) is 25.3 Å². The Balaban J connectivity index is 2.35. The molecule has 0 spiro atoms. The number of carbonyl (C=O) groups excluding carboxylic acids is 2. The van der Waals surface area contributed by atoms with E-state index in [2.05, 4.69) is 17.9 Å². The van der Waals surface area contributed by atoms with Crippen LogP contribution < -0.4 is 5.32 Å². The molecule has 0 aromatic heterocycles. The Morgan fingerprint density at radius 1 is 0.919 bits per heavy atom. The van der Waals surface area contributed by atoms with Crippen molar-refractivity contribution in [3.05, 3.63) is 0 Å². The molecule has 37 heavy (non-hydrogen) atoms. The van der Waals surface area contributed by atoms with Crippen molar-refractivity contribution in [1.29, 1.82) is 0 Å². The average molecular weight is 601 g/mol. The van der Waals surface area contributed by atoms with Crippen LogP contribution in [0.15, 0.2) is 0 Å². The summed E-state index contributed by atoms with van der Waals surface area (Å²) >= 11 is 0. The second-order valence-electron chi connectivity index (χ2n) is 8.18. The molecule has 21 heteroatoms. The minimum Gasteiger partial charge on any atom is -0.353 e. The normalized spacial score (nSPS) is 27.9. The average Bonchev–Trinajstić information content (AvgIpc) is 2.75. The fourth-order valence-electron chi connectivity index (χ4n) is 4.05. The Kier molecular flexibility index (Phi) is 11.1. The van der Waals surface area contributed by atoms with Crippen molar-refractivity contribution < 1.29 is 70.5 Å². The molecule has 18 nitrogen and oxygen atoms in total. The Hall–Kier alpha value is -1.53. The van der Waals surface area contributed by atoms with Crippen LogP contribution in [0.3, 0.4) is 0 Å². The van der Waals surface area contributed by atoms with Crippen molar-refractivity contribution in [2.45, 2.75) is 68.9 Å². The molecule has 1 saturated heterocycles. The van der Waals surface area contributed by atoms with Crippen LogP contribution in [0.5, 0.6) is 0 Å². The van der Waals surface area contributed by atoms with Gasteiger partial charge in [0.2, 0.25) is 12.3 Å². The van der Waals surface area contributed by atoms with Crippen LogP contribution in [0.4, 0.5) is 0 Å². The van der Waals surface area contributed by atoms with E-state index in [-0.39, 0.29) is 12.5 Å². The zero-order valence-electron chi connectivity index (χ0n) is 19.3. The SMILES string of the molecule is CO[C@H]1O[C@H](CN(C=O)CC(=O)NC2CCCCC2)[C@@H](OS(=O)(=O)O)[C@H](OS(=O)(=O)O)[C@@H]1OS(=O)(=O)O. The summed E-state index contributed by atoms with van der Waals surface area (Å²) in [6.07, 6.45) is -6.37. The van der Waals surface area contributed by atoms with Gasteiger partial charge < -0.3 is 19.7 Å². The van der Waals surface area contributed by atoms with E-state index in [0.29, 0.717) is 0 Å². The van der Waals surface area contributed by atoms with E-state index in [9.17, 15) is 39.4 Å². The number of hydrogen-bond donors (Lipinski definition) is 4. The molecule has 2 aliphatic rings. The molecule has 216 valence electrons. The topological polar surface area (TPSA) is 259 Å². The van der Waals surface area contributed by atoms with Crippen LogP contribution in [0.2, 0.25) is 0 Å². The van der Waals surface area contributed by atoms with E-state index in [0.717, 1.165) is 44.1 Å². The van der Waals surface area contributed by atoms with Crippen molar-refractivity contribution >= 4 is 43.5 Å². The lowest BCUT2D eigenvalue weighted by atomic mass is 9.95. The van der Waals surface area contributed by atoms with Crippen molar-refractivity contribution in [3.63, 3.8) is 0 Å².